The van der Waals surface area contributed by atoms with Gasteiger partial charge >= 0.3 is 0 Å². The highest BCUT2D eigenvalue weighted by Gasteiger charge is 2.22. The fourth-order valence-electron chi connectivity index (χ4n) is 2.03. The van der Waals surface area contributed by atoms with E-state index < -0.39 is 14.9 Å². The maximum atomic E-state index is 12.0. The van der Waals surface area contributed by atoms with E-state index in [1.807, 2.05) is 4.83 Å². The van der Waals surface area contributed by atoms with Gasteiger partial charge in [0.2, 0.25) is 6.79 Å². The number of nitrogens with one attached hydrogen (secondary N) is 1. The molecule has 1 aliphatic heterocycles. The third kappa shape index (κ3) is 3.13. The zero-order valence-corrected chi connectivity index (χ0v) is 12.9. The van der Waals surface area contributed by atoms with E-state index in [0.29, 0.717) is 5.75 Å². The van der Waals surface area contributed by atoms with Crippen LogP contribution in [0.3, 0.4) is 0 Å². The van der Waals surface area contributed by atoms with Gasteiger partial charge in [-0.1, -0.05) is 18.2 Å². The molecule has 0 aromatic heterocycles. The first-order valence-corrected chi connectivity index (χ1v) is 8.13. The van der Waals surface area contributed by atoms with Crippen molar-refractivity contribution in [1.29, 1.82) is 0 Å². The first kappa shape index (κ1) is 15.7. The molecule has 0 bridgehead atoms. The van der Waals surface area contributed by atoms with Crippen LogP contribution in [0.25, 0.3) is 0 Å². The highest BCUT2D eigenvalue weighted by molar-refractivity contribution is 7.89. The molecule has 3 rings (SSSR count). The van der Waals surface area contributed by atoms with Crippen LogP contribution in [0.15, 0.2) is 52.5 Å². The van der Waals surface area contributed by atoms with Gasteiger partial charge in [-0.25, -0.2) is 4.83 Å². The molecule has 1 aliphatic rings. The van der Waals surface area contributed by atoms with Crippen molar-refractivity contribution in [2.45, 2.75) is 4.90 Å². The van der Waals surface area contributed by atoms with E-state index in [2.05, 4.69) is 5.10 Å². The molecule has 1 heterocycles. The Morgan fingerprint density at radius 2 is 1.83 bits per heavy atom. The number of nitrogens with zero attached hydrogens (tertiary/aromatic N) is 2. The summed E-state index contributed by atoms with van der Waals surface area (Å²) in [6.45, 7) is -0.0340. The SMILES string of the molecule is O=[N+]([O-])c1cc2c(cc1/C=N/NS(=O)(=O)c1ccccc1)OCO2. The molecule has 9 nitrogen and oxygen atoms in total. The van der Waals surface area contributed by atoms with Crippen LogP contribution in [0, 0.1) is 10.1 Å². The lowest BCUT2D eigenvalue weighted by Gasteiger charge is -2.03. The number of fused-ring (bicyclic) bond motifs is 1. The second-order valence-corrected chi connectivity index (χ2v) is 6.35. The molecule has 1 N–H and O–H groups in total. The summed E-state index contributed by atoms with van der Waals surface area (Å²) in [4.78, 5) is 12.5. The van der Waals surface area contributed by atoms with Crippen LogP contribution < -0.4 is 14.3 Å². The Labute approximate surface area is 136 Å². The molecule has 124 valence electrons. The molecule has 0 fully saturated rings. The zero-order valence-electron chi connectivity index (χ0n) is 12.1. The summed E-state index contributed by atoms with van der Waals surface area (Å²) in [6.07, 6.45) is 1.04. The van der Waals surface area contributed by atoms with E-state index in [4.69, 9.17) is 9.47 Å². The van der Waals surface area contributed by atoms with Gasteiger partial charge in [0.25, 0.3) is 15.7 Å². The van der Waals surface area contributed by atoms with Gasteiger partial charge in [-0.2, -0.15) is 13.5 Å². The maximum absolute atomic E-state index is 12.0. The highest BCUT2D eigenvalue weighted by Crippen LogP contribution is 2.37. The van der Waals surface area contributed by atoms with E-state index in [-0.39, 0.29) is 28.7 Å². The minimum Gasteiger partial charge on any atom is -0.454 e. The molecular formula is C14H11N3O6S. The van der Waals surface area contributed by atoms with Gasteiger partial charge in [0.05, 0.1) is 27.7 Å². The number of nitro groups is 1. The smallest absolute Gasteiger partial charge is 0.282 e. The fourth-order valence-corrected chi connectivity index (χ4v) is 2.84. The number of hydrazone groups is 1. The molecule has 0 atom stereocenters. The van der Waals surface area contributed by atoms with Crippen LogP contribution in [0.1, 0.15) is 5.56 Å². The molecule has 0 saturated heterocycles. The summed E-state index contributed by atoms with van der Waals surface area (Å²) in [5, 5.41) is 14.7. The van der Waals surface area contributed by atoms with Gasteiger partial charge in [0.15, 0.2) is 11.5 Å². The van der Waals surface area contributed by atoms with Crippen LogP contribution in [-0.2, 0) is 10.0 Å². The molecule has 2 aromatic rings. The van der Waals surface area contributed by atoms with Crippen molar-refractivity contribution in [3.8, 4) is 11.5 Å². The molecule has 2 aromatic carbocycles. The van der Waals surface area contributed by atoms with E-state index in [0.717, 1.165) is 6.21 Å². The van der Waals surface area contributed by atoms with Gasteiger partial charge in [-0.3, -0.25) is 10.1 Å². The summed E-state index contributed by atoms with van der Waals surface area (Å²) in [7, 11) is -3.85. The zero-order chi connectivity index (χ0) is 17.2. The van der Waals surface area contributed by atoms with Gasteiger partial charge in [-0.15, -0.1) is 0 Å². The number of benzene rings is 2. The summed E-state index contributed by atoms with van der Waals surface area (Å²) < 4.78 is 34.3. The Balaban J connectivity index is 1.86. The Kier molecular flexibility index (Phi) is 4.04. The van der Waals surface area contributed by atoms with E-state index in [1.165, 1.54) is 24.3 Å². The minimum atomic E-state index is -3.85. The van der Waals surface area contributed by atoms with Crippen LogP contribution in [-0.4, -0.2) is 26.3 Å². The van der Waals surface area contributed by atoms with Crippen LogP contribution in [0.4, 0.5) is 5.69 Å². The minimum absolute atomic E-state index is 0.0299. The molecule has 0 radical (unpaired) electrons. The van der Waals surface area contributed by atoms with E-state index in [1.54, 1.807) is 18.2 Å². The van der Waals surface area contributed by atoms with Crippen molar-refractivity contribution in [2.24, 2.45) is 5.10 Å². The van der Waals surface area contributed by atoms with Crippen LogP contribution in [0.5, 0.6) is 11.5 Å². The monoisotopic (exact) mass is 349 g/mol. The summed E-state index contributed by atoms with van der Waals surface area (Å²) >= 11 is 0. The fraction of sp³-hybridized carbons (Fsp3) is 0.0714. The van der Waals surface area contributed by atoms with E-state index >= 15 is 0 Å². The largest absolute Gasteiger partial charge is 0.454 e. The number of hydrogen-bond donors (Lipinski definition) is 1. The molecule has 24 heavy (non-hydrogen) atoms. The summed E-state index contributed by atoms with van der Waals surface area (Å²) in [6, 6.07) is 10.2. The Bertz CT molecular complexity index is 912. The Morgan fingerprint density at radius 1 is 1.17 bits per heavy atom. The molecule has 0 amide bonds. The molecule has 0 saturated carbocycles. The van der Waals surface area contributed by atoms with Gasteiger partial charge in [-0.05, 0) is 18.2 Å². The second kappa shape index (κ2) is 6.16. The lowest BCUT2D eigenvalue weighted by Crippen LogP contribution is -2.18. The van der Waals surface area contributed by atoms with Crippen molar-refractivity contribution in [2.75, 3.05) is 6.79 Å². The Morgan fingerprint density at radius 3 is 2.50 bits per heavy atom. The predicted molar refractivity (Wildman–Crippen MR) is 83.6 cm³/mol. The maximum Gasteiger partial charge on any atom is 0.282 e. The second-order valence-electron chi connectivity index (χ2n) is 4.69. The van der Waals surface area contributed by atoms with Crippen molar-refractivity contribution < 1.29 is 22.8 Å². The lowest BCUT2D eigenvalue weighted by atomic mass is 10.1. The quantitative estimate of drug-likeness (QED) is 0.498. The number of sulfonamides is 1. The molecule has 0 unspecified atom stereocenters. The number of ether oxygens (including phenoxy) is 2. The standard InChI is InChI=1S/C14H11N3O6S/c18-17(19)12-7-14-13(22-9-23-14)6-10(12)8-15-16-24(20,21)11-4-2-1-3-5-11/h1-8,16H,9H2/b15-8+. The van der Waals surface area contributed by atoms with Crippen molar-refractivity contribution >= 4 is 21.9 Å². The van der Waals surface area contributed by atoms with Gasteiger partial charge in [0, 0.05) is 0 Å². The first-order chi connectivity index (χ1) is 11.5. The summed E-state index contributed by atoms with van der Waals surface area (Å²) in [5.74, 6) is 0.580. The highest BCUT2D eigenvalue weighted by atomic mass is 32.2. The molecule has 0 aliphatic carbocycles. The van der Waals surface area contributed by atoms with Crippen LogP contribution in [0.2, 0.25) is 0 Å². The Hall–Kier alpha value is -3.14. The summed E-state index contributed by atoms with van der Waals surface area (Å²) in [5.41, 5.74) is -0.193. The number of hydrogen-bond acceptors (Lipinski definition) is 7. The normalized spacial score (nSPS) is 13.2. The molecular weight excluding hydrogens is 338 g/mol. The average Bonchev–Trinajstić information content (AvgIpc) is 3.02. The topological polar surface area (TPSA) is 120 Å². The third-order valence-electron chi connectivity index (χ3n) is 3.15. The van der Waals surface area contributed by atoms with Crippen molar-refractivity contribution in [1.82, 2.24) is 4.83 Å². The number of nitro benzene ring substituents is 1. The number of rotatable bonds is 5. The van der Waals surface area contributed by atoms with Crippen molar-refractivity contribution in [3.05, 3.63) is 58.1 Å². The molecule has 10 heteroatoms. The first-order valence-electron chi connectivity index (χ1n) is 6.65. The van der Waals surface area contributed by atoms with Gasteiger partial charge in [0.1, 0.15) is 0 Å². The van der Waals surface area contributed by atoms with Crippen LogP contribution >= 0.6 is 0 Å². The van der Waals surface area contributed by atoms with Crippen molar-refractivity contribution in [3.63, 3.8) is 0 Å². The van der Waals surface area contributed by atoms with Gasteiger partial charge < -0.3 is 9.47 Å². The predicted octanol–water partition coefficient (Wildman–Crippen LogP) is 1.64. The average molecular weight is 349 g/mol. The molecule has 0 spiro atoms. The lowest BCUT2D eigenvalue weighted by molar-refractivity contribution is -0.385. The van der Waals surface area contributed by atoms with E-state index in [9.17, 15) is 18.5 Å². The third-order valence-corrected chi connectivity index (χ3v) is 4.39.